The van der Waals surface area contributed by atoms with Crippen molar-refractivity contribution < 1.29 is 14.3 Å². The minimum Gasteiger partial charge on any atom is -0.393 e. The Morgan fingerprint density at radius 2 is 2.22 bits per heavy atom. The fourth-order valence-corrected chi connectivity index (χ4v) is 2.41. The SMILES string of the molecule is CN(CC1CC(O)C1)C(=O)c1cc(S)ccc1F. The van der Waals surface area contributed by atoms with Gasteiger partial charge in [0.1, 0.15) is 5.82 Å². The summed E-state index contributed by atoms with van der Waals surface area (Å²) in [6.45, 7) is 0.548. The molecule has 0 bridgehead atoms. The van der Waals surface area contributed by atoms with Gasteiger partial charge in [-0.1, -0.05) is 0 Å². The third kappa shape index (κ3) is 2.84. The second-order valence-electron chi connectivity index (χ2n) is 4.84. The molecule has 2 rings (SSSR count). The largest absolute Gasteiger partial charge is 0.393 e. The maximum absolute atomic E-state index is 13.6. The van der Waals surface area contributed by atoms with E-state index in [-0.39, 0.29) is 17.6 Å². The predicted octanol–water partition coefficient (Wildman–Crippen LogP) is 1.96. The molecule has 5 heteroatoms. The molecule has 1 aliphatic carbocycles. The van der Waals surface area contributed by atoms with Gasteiger partial charge in [-0.3, -0.25) is 4.79 Å². The van der Waals surface area contributed by atoms with Crippen molar-refractivity contribution in [3.05, 3.63) is 29.6 Å². The zero-order valence-corrected chi connectivity index (χ0v) is 11.0. The molecule has 1 aromatic carbocycles. The van der Waals surface area contributed by atoms with Crippen LogP contribution >= 0.6 is 12.6 Å². The molecule has 0 saturated heterocycles. The van der Waals surface area contributed by atoms with Crippen molar-refractivity contribution in [1.82, 2.24) is 4.90 Å². The first kappa shape index (κ1) is 13.4. The van der Waals surface area contributed by atoms with Gasteiger partial charge in [-0.15, -0.1) is 12.6 Å². The molecule has 0 unspecified atom stereocenters. The number of amides is 1. The van der Waals surface area contributed by atoms with Crippen LogP contribution in [-0.4, -0.2) is 35.6 Å². The quantitative estimate of drug-likeness (QED) is 0.824. The number of aliphatic hydroxyl groups is 1. The van der Waals surface area contributed by atoms with Crippen molar-refractivity contribution in [2.45, 2.75) is 23.8 Å². The molecule has 0 heterocycles. The molecular weight excluding hydrogens is 253 g/mol. The van der Waals surface area contributed by atoms with Crippen LogP contribution in [0, 0.1) is 11.7 Å². The molecule has 0 spiro atoms. The van der Waals surface area contributed by atoms with Crippen molar-refractivity contribution in [2.24, 2.45) is 5.92 Å². The summed E-state index contributed by atoms with van der Waals surface area (Å²) in [5.74, 6) is -0.556. The summed E-state index contributed by atoms with van der Waals surface area (Å²) in [6, 6.07) is 4.20. The molecule has 1 saturated carbocycles. The number of carbonyl (C=O) groups is 1. The number of halogens is 1. The Bertz CT molecular complexity index is 460. The molecule has 1 aliphatic rings. The predicted molar refractivity (Wildman–Crippen MR) is 69.3 cm³/mol. The molecule has 3 nitrogen and oxygen atoms in total. The van der Waals surface area contributed by atoms with Crippen LogP contribution in [-0.2, 0) is 0 Å². The number of nitrogens with zero attached hydrogens (tertiary/aromatic N) is 1. The van der Waals surface area contributed by atoms with Crippen molar-refractivity contribution in [1.29, 1.82) is 0 Å². The number of rotatable bonds is 3. The Kier molecular flexibility index (Phi) is 3.92. The Balaban J connectivity index is 2.03. The van der Waals surface area contributed by atoms with E-state index in [1.54, 1.807) is 7.05 Å². The van der Waals surface area contributed by atoms with Gasteiger partial charge in [0.25, 0.3) is 5.91 Å². The van der Waals surface area contributed by atoms with Crippen LogP contribution in [0.1, 0.15) is 23.2 Å². The normalized spacial score (nSPS) is 22.4. The number of hydrogen-bond acceptors (Lipinski definition) is 3. The molecular formula is C13H16FNO2S. The van der Waals surface area contributed by atoms with Crippen LogP contribution in [0.2, 0.25) is 0 Å². The van der Waals surface area contributed by atoms with Gasteiger partial charge in [0.15, 0.2) is 0 Å². The summed E-state index contributed by atoms with van der Waals surface area (Å²) in [4.78, 5) is 14.1. The average Bonchev–Trinajstić information content (AvgIpc) is 2.29. The van der Waals surface area contributed by atoms with Crippen molar-refractivity contribution in [2.75, 3.05) is 13.6 Å². The maximum atomic E-state index is 13.6. The summed E-state index contributed by atoms with van der Waals surface area (Å²) in [5, 5.41) is 9.19. The molecule has 1 fully saturated rings. The van der Waals surface area contributed by atoms with Gasteiger partial charge in [-0.05, 0) is 37.0 Å². The monoisotopic (exact) mass is 269 g/mol. The van der Waals surface area contributed by atoms with Crippen LogP contribution in [0.5, 0.6) is 0 Å². The first-order valence-electron chi connectivity index (χ1n) is 5.89. The zero-order valence-electron chi connectivity index (χ0n) is 10.1. The molecule has 1 N–H and O–H groups in total. The molecule has 0 aromatic heterocycles. The molecule has 0 aliphatic heterocycles. The van der Waals surface area contributed by atoms with E-state index in [0.29, 0.717) is 30.2 Å². The highest BCUT2D eigenvalue weighted by Gasteiger charge is 2.29. The Morgan fingerprint density at radius 3 is 2.83 bits per heavy atom. The van der Waals surface area contributed by atoms with E-state index in [2.05, 4.69) is 12.6 Å². The number of aliphatic hydroxyl groups excluding tert-OH is 1. The molecule has 0 radical (unpaired) electrons. The number of thiol groups is 1. The third-order valence-corrected chi connectivity index (χ3v) is 3.55. The molecule has 98 valence electrons. The highest BCUT2D eigenvalue weighted by Crippen LogP contribution is 2.28. The fraction of sp³-hybridized carbons (Fsp3) is 0.462. The average molecular weight is 269 g/mol. The highest BCUT2D eigenvalue weighted by atomic mass is 32.1. The lowest BCUT2D eigenvalue weighted by Crippen LogP contribution is -2.39. The van der Waals surface area contributed by atoms with Gasteiger partial charge in [0, 0.05) is 18.5 Å². The lowest BCUT2D eigenvalue weighted by atomic mass is 9.82. The van der Waals surface area contributed by atoms with Gasteiger partial charge in [-0.2, -0.15) is 0 Å². The minimum atomic E-state index is -0.529. The standard InChI is InChI=1S/C13H16FNO2S/c1-15(7-8-4-9(16)5-8)13(17)11-6-10(18)2-3-12(11)14/h2-3,6,8-9,16,18H,4-5,7H2,1H3. The van der Waals surface area contributed by atoms with Gasteiger partial charge in [0.2, 0.25) is 0 Å². The van der Waals surface area contributed by atoms with E-state index in [1.165, 1.54) is 23.1 Å². The summed E-state index contributed by atoms with van der Waals surface area (Å²) >= 11 is 4.11. The molecule has 1 amide bonds. The van der Waals surface area contributed by atoms with Crippen LogP contribution in [0.4, 0.5) is 4.39 Å². The summed E-state index contributed by atoms with van der Waals surface area (Å²) in [5.41, 5.74) is 0.0462. The van der Waals surface area contributed by atoms with E-state index in [4.69, 9.17) is 0 Å². The summed E-state index contributed by atoms with van der Waals surface area (Å²) < 4.78 is 13.6. The zero-order chi connectivity index (χ0) is 13.3. The second-order valence-corrected chi connectivity index (χ2v) is 5.36. The lowest BCUT2D eigenvalue weighted by Gasteiger charge is -2.34. The Morgan fingerprint density at radius 1 is 1.56 bits per heavy atom. The Labute approximate surface area is 111 Å². The number of benzene rings is 1. The molecule has 18 heavy (non-hydrogen) atoms. The van der Waals surface area contributed by atoms with Crippen molar-refractivity contribution in [3.63, 3.8) is 0 Å². The second kappa shape index (κ2) is 5.28. The van der Waals surface area contributed by atoms with Crippen LogP contribution in [0.15, 0.2) is 23.1 Å². The van der Waals surface area contributed by atoms with E-state index < -0.39 is 5.82 Å². The summed E-state index contributed by atoms with van der Waals surface area (Å²) in [7, 11) is 1.65. The van der Waals surface area contributed by atoms with Gasteiger partial charge in [0.05, 0.1) is 11.7 Å². The Hall–Kier alpha value is -1.07. The molecule has 0 atom stereocenters. The summed E-state index contributed by atoms with van der Waals surface area (Å²) in [6.07, 6.45) is 1.19. The van der Waals surface area contributed by atoms with E-state index in [1.807, 2.05) is 0 Å². The van der Waals surface area contributed by atoms with E-state index >= 15 is 0 Å². The minimum absolute atomic E-state index is 0.0462. The first-order valence-corrected chi connectivity index (χ1v) is 6.34. The highest BCUT2D eigenvalue weighted by molar-refractivity contribution is 7.80. The maximum Gasteiger partial charge on any atom is 0.256 e. The number of carbonyl (C=O) groups excluding carboxylic acids is 1. The van der Waals surface area contributed by atoms with Crippen LogP contribution in [0.25, 0.3) is 0 Å². The number of hydrogen-bond donors (Lipinski definition) is 2. The van der Waals surface area contributed by atoms with Crippen LogP contribution in [0.3, 0.4) is 0 Å². The van der Waals surface area contributed by atoms with Crippen molar-refractivity contribution >= 4 is 18.5 Å². The smallest absolute Gasteiger partial charge is 0.256 e. The first-order chi connectivity index (χ1) is 8.47. The van der Waals surface area contributed by atoms with E-state index in [0.717, 1.165) is 0 Å². The van der Waals surface area contributed by atoms with Crippen LogP contribution < -0.4 is 0 Å². The molecule has 1 aromatic rings. The topological polar surface area (TPSA) is 40.5 Å². The fourth-order valence-electron chi connectivity index (χ4n) is 2.20. The van der Waals surface area contributed by atoms with Gasteiger partial charge >= 0.3 is 0 Å². The lowest BCUT2D eigenvalue weighted by molar-refractivity contribution is 0.0264. The van der Waals surface area contributed by atoms with Crippen molar-refractivity contribution in [3.8, 4) is 0 Å². The van der Waals surface area contributed by atoms with Gasteiger partial charge < -0.3 is 10.0 Å². The van der Waals surface area contributed by atoms with Gasteiger partial charge in [-0.25, -0.2) is 4.39 Å². The van der Waals surface area contributed by atoms with E-state index in [9.17, 15) is 14.3 Å². The third-order valence-electron chi connectivity index (χ3n) is 3.27.